The predicted octanol–water partition coefficient (Wildman–Crippen LogP) is 5.85. The van der Waals surface area contributed by atoms with Gasteiger partial charge in [0.15, 0.2) is 0 Å². The van der Waals surface area contributed by atoms with Crippen LogP contribution in [0.15, 0.2) is 78.9 Å². The molecule has 138 valence electrons. The van der Waals surface area contributed by atoms with Crippen LogP contribution in [0, 0.1) is 6.92 Å². The molecule has 0 spiro atoms. The number of ether oxygens (including phenoxy) is 1. The Hall–Kier alpha value is -3.07. The molecule has 0 aromatic heterocycles. The van der Waals surface area contributed by atoms with E-state index in [0.29, 0.717) is 13.0 Å². The first kappa shape index (κ1) is 18.7. The van der Waals surface area contributed by atoms with E-state index in [1.165, 1.54) is 5.56 Å². The molecule has 0 unspecified atom stereocenters. The minimum atomic E-state index is 0.0361. The van der Waals surface area contributed by atoms with Gasteiger partial charge in [-0.15, -0.1) is 0 Å². The van der Waals surface area contributed by atoms with Crippen molar-refractivity contribution in [2.75, 3.05) is 11.9 Å². The van der Waals surface area contributed by atoms with Crippen molar-refractivity contribution in [3.05, 3.63) is 84.4 Å². The van der Waals surface area contributed by atoms with Crippen molar-refractivity contribution in [3.63, 3.8) is 0 Å². The highest BCUT2D eigenvalue weighted by Crippen LogP contribution is 2.27. The molecule has 3 aromatic rings. The largest absolute Gasteiger partial charge is 0.494 e. The van der Waals surface area contributed by atoms with Crippen molar-refractivity contribution in [3.8, 4) is 16.9 Å². The summed E-state index contributed by atoms with van der Waals surface area (Å²) in [6.07, 6.45) is 2.13. The zero-order valence-electron chi connectivity index (χ0n) is 15.7. The van der Waals surface area contributed by atoms with Crippen LogP contribution in [0.3, 0.4) is 0 Å². The van der Waals surface area contributed by atoms with Crippen LogP contribution in [-0.2, 0) is 4.79 Å². The third kappa shape index (κ3) is 5.71. The molecule has 0 heterocycles. The second-order valence-electron chi connectivity index (χ2n) is 6.58. The summed E-state index contributed by atoms with van der Waals surface area (Å²) < 4.78 is 5.73. The van der Waals surface area contributed by atoms with Crippen LogP contribution in [0.1, 0.15) is 24.8 Å². The first-order valence-corrected chi connectivity index (χ1v) is 9.36. The fourth-order valence-corrected chi connectivity index (χ4v) is 2.96. The molecule has 3 nitrogen and oxygen atoms in total. The number of hydrogen-bond acceptors (Lipinski definition) is 2. The van der Waals surface area contributed by atoms with Crippen LogP contribution in [0.5, 0.6) is 5.75 Å². The van der Waals surface area contributed by atoms with Crippen molar-refractivity contribution in [1.82, 2.24) is 0 Å². The van der Waals surface area contributed by atoms with Gasteiger partial charge in [-0.25, -0.2) is 0 Å². The number of carbonyl (C=O) groups is 1. The monoisotopic (exact) mass is 359 g/mol. The molecule has 3 heteroatoms. The van der Waals surface area contributed by atoms with Gasteiger partial charge >= 0.3 is 0 Å². The van der Waals surface area contributed by atoms with Gasteiger partial charge in [0.05, 0.1) is 6.61 Å². The number of benzene rings is 3. The molecule has 1 amide bonds. The number of aryl methyl sites for hydroxylation is 1. The molecule has 0 aliphatic carbocycles. The van der Waals surface area contributed by atoms with Crippen molar-refractivity contribution >= 4 is 11.6 Å². The molecule has 0 atom stereocenters. The molecule has 0 bridgehead atoms. The summed E-state index contributed by atoms with van der Waals surface area (Å²) in [5.74, 6) is 0.921. The van der Waals surface area contributed by atoms with Crippen molar-refractivity contribution in [2.24, 2.45) is 0 Å². The summed E-state index contributed by atoms with van der Waals surface area (Å²) in [6.45, 7) is 2.67. The first-order valence-electron chi connectivity index (χ1n) is 9.36. The summed E-state index contributed by atoms with van der Waals surface area (Å²) >= 11 is 0. The maximum atomic E-state index is 12.3. The van der Waals surface area contributed by atoms with E-state index in [0.717, 1.165) is 35.4 Å². The Morgan fingerprint density at radius 3 is 2.48 bits per heavy atom. The molecular formula is C24H25NO2. The molecule has 0 saturated carbocycles. The molecule has 0 saturated heterocycles. The molecule has 3 rings (SSSR count). The second-order valence-corrected chi connectivity index (χ2v) is 6.58. The van der Waals surface area contributed by atoms with Crippen LogP contribution in [0.4, 0.5) is 5.69 Å². The smallest absolute Gasteiger partial charge is 0.224 e. The van der Waals surface area contributed by atoms with Gasteiger partial charge in [0.25, 0.3) is 0 Å². The highest BCUT2D eigenvalue weighted by atomic mass is 16.5. The Morgan fingerprint density at radius 1 is 0.889 bits per heavy atom. The lowest BCUT2D eigenvalue weighted by Gasteiger charge is -2.11. The molecule has 0 aliphatic rings. The molecule has 0 fully saturated rings. The number of hydrogen-bond donors (Lipinski definition) is 1. The van der Waals surface area contributed by atoms with E-state index in [4.69, 9.17) is 4.74 Å². The first-order chi connectivity index (χ1) is 13.2. The van der Waals surface area contributed by atoms with Crippen LogP contribution in [-0.4, -0.2) is 12.5 Å². The van der Waals surface area contributed by atoms with Gasteiger partial charge in [-0.05, 0) is 49.1 Å². The average molecular weight is 359 g/mol. The summed E-state index contributed by atoms with van der Waals surface area (Å²) in [5, 5.41) is 3.05. The standard InChI is InChI=1S/C24H25NO2/c1-19-10-9-13-21(18-19)27-17-8-7-16-24(26)25-23-15-6-5-14-22(23)20-11-3-2-4-12-20/h2-6,9-15,18H,7-8,16-17H2,1H3,(H,25,26). The van der Waals surface area contributed by atoms with Gasteiger partial charge in [0.2, 0.25) is 5.91 Å². The quantitative estimate of drug-likeness (QED) is 0.512. The lowest BCUT2D eigenvalue weighted by molar-refractivity contribution is -0.116. The highest BCUT2D eigenvalue weighted by molar-refractivity contribution is 5.95. The lowest BCUT2D eigenvalue weighted by atomic mass is 10.0. The SMILES string of the molecule is Cc1cccc(OCCCCC(=O)Nc2ccccc2-c2ccccc2)c1. The highest BCUT2D eigenvalue weighted by Gasteiger charge is 2.08. The number of unbranched alkanes of at least 4 members (excludes halogenated alkanes) is 1. The molecule has 1 N–H and O–H groups in total. The van der Waals surface area contributed by atoms with Gasteiger partial charge < -0.3 is 10.1 Å². The molecular weight excluding hydrogens is 334 g/mol. The molecule has 27 heavy (non-hydrogen) atoms. The van der Waals surface area contributed by atoms with Gasteiger partial charge in [-0.3, -0.25) is 4.79 Å². The van der Waals surface area contributed by atoms with E-state index in [2.05, 4.69) is 5.32 Å². The van der Waals surface area contributed by atoms with Gasteiger partial charge in [0.1, 0.15) is 5.75 Å². The predicted molar refractivity (Wildman–Crippen MR) is 111 cm³/mol. The Labute approximate surface area is 161 Å². The van der Waals surface area contributed by atoms with E-state index in [1.807, 2.05) is 85.8 Å². The van der Waals surface area contributed by atoms with Gasteiger partial charge in [0, 0.05) is 17.7 Å². The van der Waals surface area contributed by atoms with Crippen LogP contribution >= 0.6 is 0 Å². The van der Waals surface area contributed by atoms with Gasteiger partial charge in [-0.2, -0.15) is 0 Å². The maximum Gasteiger partial charge on any atom is 0.224 e. The Kier molecular flexibility index (Phi) is 6.64. The fourth-order valence-electron chi connectivity index (χ4n) is 2.96. The second kappa shape index (κ2) is 9.58. The zero-order valence-corrected chi connectivity index (χ0v) is 15.7. The third-order valence-corrected chi connectivity index (χ3v) is 4.34. The normalized spacial score (nSPS) is 10.4. The Bertz CT molecular complexity index is 874. The minimum absolute atomic E-state index is 0.0361. The number of para-hydroxylation sites is 1. The maximum absolute atomic E-state index is 12.3. The molecule has 3 aromatic carbocycles. The number of rotatable bonds is 8. The number of anilines is 1. The van der Waals surface area contributed by atoms with Crippen molar-refractivity contribution in [2.45, 2.75) is 26.2 Å². The van der Waals surface area contributed by atoms with E-state index in [-0.39, 0.29) is 5.91 Å². The Balaban J connectivity index is 1.46. The van der Waals surface area contributed by atoms with E-state index >= 15 is 0 Å². The average Bonchev–Trinajstić information content (AvgIpc) is 2.69. The van der Waals surface area contributed by atoms with Crippen LogP contribution in [0.2, 0.25) is 0 Å². The fraction of sp³-hybridized carbons (Fsp3) is 0.208. The number of nitrogens with one attached hydrogen (secondary N) is 1. The third-order valence-electron chi connectivity index (χ3n) is 4.34. The Morgan fingerprint density at radius 2 is 1.67 bits per heavy atom. The molecule has 0 aliphatic heterocycles. The van der Waals surface area contributed by atoms with Gasteiger partial charge in [-0.1, -0.05) is 60.7 Å². The van der Waals surface area contributed by atoms with Crippen molar-refractivity contribution < 1.29 is 9.53 Å². The topological polar surface area (TPSA) is 38.3 Å². The summed E-state index contributed by atoms with van der Waals surface area (Å²) in [4.78, 5) is 12.3. The van der Waals surface area contributed by atoms with E-state index in [9.17, 15) is 4.79 Å². The lowest BCUT2D eigenvalue weighted by Crippen LogP contribution is -2.12. The number of amides is 1. The number of carbonyl (C=O) groups excluding carboxylic acids is 1. The summed E-state index contributed by atoms with van der Waals surface area (Å²) in [6, 6.07) is 26.0. The minimum Gasteiger partial charge on any atom is -0.494 e. The van der Waals surface area contributed by atoms with E-state index in [1.54, 1.807) is 0 Å². The van der Waals surface area contributed by atoms with E-state index < -0.39 is 0 Å². The van der Waals surface area contributed by atoms with Crippen LogP contribution < -0.4 is 10.1 Å². The summed E-state index contributed by atoms with van der Waals surface area (Å²) in [5.41, 5.74) is 4.17. The van der Waals surface area contributed by atoms with Crippen molar-refractivity contribution in [1.29, 1.82) is 0 Å². The zero-order chi connectivity index (χ0) is 18.9. The molecule has 0 radical (unpaired) electrons. The van der Waals surface area contributed by atoms with Crippen LogP contribution in [0.25, 0.3) is 11.1 Å². The summed E-state index contributed by atoms with van der Waals surface area (Å²) in [7, 11) is 0.